The number of nitrogens with one attached hydrogen (secondary N) is 1. The summed E-state index contributed by atoms with van der Waals surface area (Å²) >= 11 is 6.09. The number of nitrogens with two attached hydrogens (primary N) is 1. The van der Waals surface area contributed by atoms with Crippen molar-refractivity contribution in [1.29, 1.82) is 0 Å². The molecular formula is C15H19ClN2O2S. The third kappa shape index (κ3) is 3.98. The Balaban J connectivity index is 2.19. The van der Waals surface area contributed by atoms with Gasteiger partial charge in [-0.3, -0.25) is 0 Å². The molecule has 1 unspecified atom stereocenters. The molecule has 1 fully saturated rings. The highest BCUT2D eigenvalue weighted by Crippen LogP contribution is 2.30. The molecule has 2 rings (SSSR count). The van der Waals surface area contributed by atoms with Crippen LogP contribution in [0.3, 0.4) is 0 Å². The number of sulfonamides is 1. The van der Waals surface area contributed by atoms with E-state index in [1.165, 1.54) is 12.5 Å². The van der Waals surface area contributed by atoms with Crippen molar-refractivity contribution in [1.82, 2.24) is 4.72 Å². The molecule has 1 aromatic carbocycles. The fourth-order valence-electron chi connectivity index (χ4n) is 2.29. The van der Waals surface area contributed by atoms with Crippen molar-refractivity contribution in [3.05, 3.63) is 28.8 Å². The quantitative estimate of drug-likeness (QED) is 0.832. The molecule has 0 bridgehead atoms. The average Bonchev–Trinajstić information content (AvgIpc) is 2.33. The summed E-state index contributed by atoms with van der Waals surface area (Å²) in [4.78, 5) is 0.0913. The highest BCUT2D eigenvalue weighted by Gasteiger charge is 2.28. The minimum absolute atomic E-state index is 0.0727. The maximum atomic E-state index is 12.4. The predicted molar refractivity (Wildman–Crippen MR) is 84.5 cm³/mol. The summed E-state index contributed by atoms with van der Waals surface area (Å²) in [5.41, 5.74) is 5.95. The lowest BCUT2D eigenvalue weighted by atomic mass is 9.81. The van der Waals surface area contributed by atoms with Crippen LogP contribution < -0.4 is 10.5 Å². The van der Waals surface area contributed by atoms with E-state index in [4.69, 9.17) is 17.3 Å². The molecule has 6 heteroatoms. The van der Waals surface area contributed by atoms with Gasteiger partial charge in [-0.15, -0.1) is 0 Å². The van der Waals surface area contributed by atoms with E-state index < -0.39 is 10.0 Å². The third-order valence-corrected chi connectivity index (χ3v) is 5.80. The van der Waals surface area contributed by atoms with Crippen LogP contribution in [0, 0.1) is 17.8 Å². The highest BCUT2D eigenvalue weighted by atomic mass is 35.5. The van der Waals surface area contributed by atoms with Gasteiger partial charge in [0.2, 0.25) is 10.0 Å². The number of benzene rings is 1. The van der Waals surface area contributed by atoms with Gasteiger partial charge in [0.25, 0.3) is 0 Å². The topological polar surface area (TPSA) is 72.2 Å². The van der Waals surface area contributed by atoms with Gasteiger partial charge in [-0.1, -0.05) is 29.9 Å². The first kappa shape index (κ1) is 16.3. The third-order valence-electron chi connectivity index (χ3n) is 3.75. The van der Waals surface area contributed by atoms with Crippen LogP contribution in [-0.4, -0.2) is 21.0 Å². The van der Waals surface area contributed by atoms with Crippen LogP contribution in [0.2, 0.25) is 5.02 Å². The lowest BCUT2D eigenvalue weighted by Gasteiger charge is -2.31. The zero-order valence-electron chi connectivity index (χ0n) is 11.9. The highest BCUT2D eigenvalue weighted by molar-refractivity contribution is 7.89. The Morgan fingerprint density at radius 3 is 2.71 bits per heavy atom. The second kappa shape index (κ2) is 6.80. The minimum atomic E-state index is -3.60. The Morgan fingerprint density at radius 1 is 1.48 bits per heavy atom. The van der Waals surface area contributed by atoms with E-state index in [0.29, 0.717) is 11.5 Å². The Hall–Kier alpha value is -1.06. The molecule has 1 aromatic rings. The second-order valence-electron chi connectivity index (χ2n) is 5.25. The standard InChI is InChI=1S/C15H19ClN2O2S/c1-11(13-5-2-6-13)18-21(19,20)15-8-7-12(4-3-9-17)10-14(15)16/h7-8,10-11,13,18H,2,5-6,9,17H2,1H3. The first-order valence-electron chi connectivity index (χ1n) is 6.95. The molecule has 0 spiro atoms. The van der Waals surface area contributed by atoms with Crippen LogP contribution in [-0.2, 0) is 10.0 Å². The molecule has 0 radical (unpaired) electrons. The molecule has 1 aliphatic carbocycles. The Kier molecular flexibility index (Phi) is 5.28. The number of hydrogen-bond acceptors (Lipinski definition) is 3. The SMILES string of the molecule is CC(NS(=O)(=O)c1ccc(C#CCN)cc1Cl)C1CCC1. The fourth-order valence-corrected chi connectivity index (χ4v) is 4.15. The molecule has 0 amide bonds. The van der Waals surface area contributed by atoms with Gasteiger partial charge in [0, 0.05) is 11.6 Å². The van der Waals surface area contributed by atoms with E-state index in [2.05, 4.69) is 16.6 Å². The molecule has 0 saturated heterocycles. The van der Waals surface area contributed by atoms with Crippen molar-refractivity contribution in [2.45, 2.75) is 37.1 Å². The van der Waals surface area contributed by atoms with Gasteiger partial charge < -0.3 is 5.73 Å². The zero-order valence-corrected chi connectivity index (χ0v) is 13.5. The summed E-state index contributed by atoms with van der Waals surface area (Å²) in [6.07, 6.45) is 3.32. The lowest BCUT2D eigenvalue weighted by molar-refractivity contribution is 0.260. The van der Waals surface area contributed by atoms with Crippen molar-refractivity contribution in [3.63, 3.8) is 0 Å². The van der Waals surface area contributed by atoms with Gasteiger partial charge >= 0.3 is 0 Å². The first-order chi connectivity index (χ1) is 9.94. The van der Waals surface area contributed by atoms with E-state index in [0.717, 1.165) is 12.8 Å². The van der Waals surface area contributed by atoms with Gasteiger partial charge in [0.15, 0.2) is 0 Å². The van der Waals surface area contributed by atoms with E-state index in [-0.39, 0.29) is 22.5 Å². The normalized spacial score (nSPS) is 16.7. The van der Waals surface area contributed by atoms with E-state index in [1.807, 2.05) is 6.92 Å². The van der Waals surface area contributed by atoms with Gasteiger partial charge in [0.1, 0.15) is 4.90 Å². The van der Waals surface area contributed by atoms with Crippen LogP contribution in [0.25, 0.3) is 0 Å². The van der Waals surface area contributed by atoms with Crippen LogP contribution in [0.15, 0.2) is 23.1 Å². The predicted octanol–water partition coefficient (Wildman–Crippen LogP) is 2.12. The van der Waals surface area contributed by atoms with Crippen molar-refractivity contribution >= 4 is 21.6 Å². The fraction of sp³-hybridized carbons (Fsp3) is 0.467. The molecule has 0 heterocycles. The lowest BCUT2D eigenvalue weighted by Crippen LogP contribution is -2.40. The molecule has 3 N–H and O–H groups in total. The summed E-state index contributed by atoms with van der Waals surface area (Å²) in [5, 5.41) is 0.173. The van der Waals surface area contributed by atoms with Gasteiger partial charge in [-0.2, -0.15) is 0 Å². The van der Waals surface area contributed by atoms with E-state index >= 15 is 0 Å². The van der Waals surface area contributed by atoms with Gasteiger partial charge in [0.05, 0.1) is 11.6 Å². The summed E-state index contributed by atoms with van der Waals surface area (Å²) in [6, 6.07) is 4.60. The largest absolute Gasteiger partial charge is 0.320 e. The molecule has 1 atom stereocenters. The zero-order chi connectivity index (χ0) is 15.5. The van der Waals surface area contributed by atoms with Crippen molar-refractivity contribution in [2.24, 2.45) is 11.7 Å². The summed E-state index contributed by atoms with van der Waals surface area (Å²) < 4.78 is 27.5. The maximum Gasteiger partial charge on any atom is 0.242 e. The molecular weight excluding hydrogens is 308 g/mol. The molecule has 0 aliphatic heterocycles. The Bertz CT molecular complexity index is 673. The van der Waals surface area contributed by atoms with Crippen LogP contribution in [0.4, 0.5) is 0 Å². The van der Waals surface area contributed by atoms with Crippen LogP contribution >= 0.6 is 11.6 Å². The van der Waals surface area contributed by atoms with E-state index in [9.17, 15) is 8.42 Å². The Labute approximate surface area is 131 Å². The van der Waals surface area contributed by atoms with E-state index in [1.54, 1.807) is 12.1 Å². The average molecular weight is 327 g/mol. The smallest absolute Gasteiger partial charge is 0.242 e. The molecule has 114 valence electrons. The molecule has 0 aromatic heterocycles. The summed E-state index contributed by atoms with van der Waals surface area (Å²) in [5.74, 6) is 5.96. The molecule has 1 aliphatic rings. The monoisotopic (exact) mass is 326 g/mol. The van der Waals surface area contributed by atoms with Crippen LogP contribution in [0.5, 0.6) is 0 Å². The van der Waals surface area contributed by atoms with Crippen molar-refractivity contribution in [2.75, 3.05) is 6.54 Å². The number of hydrogen-bond donors (Lipinski definition) is 2. The number of rotatable bonds is 4. The molecule has 1 saturated carbocycles. The first-order valence-corrected chi connectivity index (χ1v) is 8.81. The Morgan fingerprint density at radius 2 is 2.19 bits per heavy atom. The van der Waals surface area contributed by atoms with Crippen LogP contribution in [0.1, 0.15) is 31.7 Å². The van der Waals surface area contributed by atoms with Crippen molar-refractivity contribution < 1.29 is 8.42 Å². The van der Waals surface area contributed by atoms with Gasteiger partial charge in [-0.25, -0.2) is 13.1 Å². The summed E-state index contributed by atoms with van der Waals surface area (Å²) in [7, 11) is -3.60. The molecule has 4 nitrogen and oxygen atoms in total. The number of halogens is 1. The van der Waals surface area contributed by atoms with Crippen molar-refractivity contribution in [3.8, 4) is 11.8 Å². The second-order valence-corrected chi connectivity index (χ2v) is 7.34. The minimum Gasteiger partial charge on any atom is -0.320 e. The van der Waals surface area contributed by atoms with Gasteiger partial charge in [-0.05, 0) is 43.9 Å². The maximum absolute atomic E-state index is 12.4. The molecule has 21 heavy (non-hydrogen) atoms. The summed E-state index contributed by atoms with van der Waals surface area (Å²) in [6.45, 7) is 2.15.